The number of esters is 3. The standard InChI is InChI=1S/C77H132O6/c1-4-7-10-13-16-19-22-25-28-31-34-37-38-41-43-46-49-52-55-58-61-64-67-70-76(79)82-73-74(83-77(80)71-68-65-62-59-56-53-50-47-44-40-36-33-30-27-24-21-18-15-12-9-6-3)72-81-75(78)69-66-63-60-57-54-51-48-45-42-39-35-32-29-26-23-20-17-14-11-8-5-2/h9,12,18,21,23,26-27,30,32,35-36,40,42,45,47,50,56,59,74H,4-8,10-11,13-17,19-20,22,24-25,28-29,31,33-34,37-39,41,43-44,46,48-49,51-55,57-58,60-73H2,1-3H3/b12-9-,21-18-,26-23-,30-27-,35-32-,40-36-,45-42-,50-47-,59-56-. The van der Waals surface area contributed by atoms with E-state index in [9.17, 15) is 14.4 Å². The maximum atomic E-state index is 12.9. The highest BCUT2D eigenvalue weighted by Gasteiger charge is 2.19. The van der Waals surface area contributed by atoms with E-state index in [1.165, 1.54) is 180 Å². The van der Waals surface area contributed by atoms with E-state index in [1.807, 2.05) is 0 Å². The predicted octanol–water partition coefficient (Wildman–Crippen LogP) is 24.6. The van der Waals surface area contributed by atoms with Crippen LogP contribution >= 0.6 is 0 Å². The molecule has 0 aromatic carbocycles. The molecule has 0 aromatic rings. The van der Waals surface area contributed by atoms with Gasteiger partial charge in [-0.3, -0.25) is 14.4 Å². The summed E-state index contributed by atoms with van der Waals surface area (Å²) in [5.74, 6) is -0.941. The zero-order chi connectivity index (χ0) is 59.9. The first-order valence-electron chi connectivity index (χ1n) is 35.4. The molecule has 1 unspecified atom stereocenters. The van der Waals surface area contributed by atoms with Crippen LogP contribution < -0.4 is 0 Å². The van der Waals surface area contributed by atoms with Crippen molar-refractivity contribution in [1.29, 1.82) is 0 Å². The Morgan fingerprint density at radius 1 is 0.253 bits per heavy atom. The Hall–Kier alpha value is -3.93. The molecule has 6 nitrogen and oxygen atoms in total. The number of carbonyl (C=O) groups excluding carboxylic acids is 3. The molecule has 0 aliphatic carbocycles. The molecule has 0 amide bonds. The summed E-state index contributed by atoms with van der Waals surface area (Å²) in [5.41, 5.74) is 0. The van der Waals surface area contributed by atoms with Crippen molar-refractivity contribution in [3.05, 3.63) is 109 Å². The Kier molecular flexibility index (Phi) is 67.2. The molecule has 0 saturated heterocycles. The van der Waals surface area contributed by atoms with Crippen LogP contribution in [0.15, 0.2) is 109 Å². The molecule has 0 rings (SSSR count). The molecule has 1 atom stereocenters. The van der Waals surface area contributed by atoms with E-state index < -0.39 is 6.10 Å². The third-order valence-electron chi connectivity index (χ3n) is 15.3. The molecule has 0 fully saturated rings. The summed E-state index contributed by atoms with van der Waals surface area (Å²) >= 11 is 0. The third kappa shape index (κ3) is 68.7. The van der Waals surface area contributed by atoms with Gasteiger partial charge in [-0.25, -0.2) is 0 Å². The lowest BCUT2D eigenvalue weighted by molar-refractivity contribution is -0.167. The van der Waals surface area contributed by atoms with Gasteiger partial charge in [0.25, 0.3) is 0 Å². The van der Waals surface area contributed by atoms with E-state index in [4.69, 9.17) is 14.2 Å². The Balaban J connectivity index is 4.45. The Morgan fingerprint density at radius 2 is 0.470 bits per heavy atom. The molecule has 83 heavy (non-hydrogen) atoms. The predicted molar refractivity (Wildman–Crippen MR) is 362 cm³/mol. The van der Waals surface area contributed by atoms with Gasteiger partial charge >= 0.3 is 17.9 Å². The first-order valence-corrected chi connectivity index (χ1v) is 35.4. The smallest absolute Gasteiger partial charge is 0.306 e. The molecule has 0 radical (unpaired) electrons. The van der Waals surface area contributed by atoms with Crippen molar-refractivity contribution in [3.8, 4) is 0 Å². The summed E-state index contributed by atoms with van der Waals surface area (Å²) in [6.07, 6.45) is 96.8. The fourth-order valence-corrected chi connectivity index (χ4v) is 9.99. The second-order valence-electron chi connectivity index (χ2n) is 23.4. The minimum Gasteiger partial charge on any atom is -0.462 e. The minimum absolute atomic E-state index is 0.0986. The molecule has 0 heterocycles. The lowest BCUT2D eigenvalue weighted by Gasteiger charge is -2.18. The maximum Gasteiger partial charge on any atom is 0.306 e. The summed E-state index contributed by atoms with van der Waals surface area (Å²) in [6.45, 7) is 6.51. The van der Waals surface area contributed by atoms with Crippen LogP contribution in [-0.2, 0) is 28.6 Å². The van der Waals surface area contributed by atoms with Gasteiger partial charge in [-0.05, 0) is 109 Å². The van der Waals surface area contributed by atoms with Crippen molar-refractivity contribution >= 4 is 17.9 Å². The van der Waals surface area contributed by atoms with Crippen LogP contribution in [-0.4, -0.2) is 37.2 Å². The summed E-state index contributed by atoms with van der Waals surface area (Å²) in [7, 11) is 0. The van der Waals surface area contributed by atoms with Crippen LogP contribution in [0.25, 0.3) is 0 Å². The number of allylic oxidation sites excluding steroid dienone is 18. The van der Waals surface area contributed by atoms with E-state index >= 15 is 0 Å². The summed E-state index contributed by atoms with van der Waals surface area (Å²) in [6, 6.07) is 0. The first-order chi connectivity index (χ1) is 41.0. The van der Waals surface area contributed by atoms with E-state index in [2.05, 4.69) is 130 Å². The van der Waals surface area contributed by atoms with Crippen molar-refractivity contribution in [1.82, 2.24) is 0 Å². The maximum absolute atomic E-state index is 12.9. The highest BCUT2D eigenvalue weighted by Crippen LogP contribution is 2.17. The van der Waals surface area contributed by atoms with Crippen molar-refractivity contribution < 1.29 is 28.6 Å². The van der Waals surface area contributed by atoms with Gasteiger partial charge in [0.1, 0.15) is 13.2 Å². The largest absolute Gasteiger partial charge is 0.462 e. The normalized spacial score (nSPS) is 12.8. The average molecular weight is 1150 g/mol. The number of unbranched alkanes of at least 4 members (excludes halogenated alkanes) is 35. The van der Waals surface area contributed by atoms with E-state index in [-0.39, 0.29) is 37.5 Å². The monoisotopic (exact) mass is 1150 g/mol. The molecule has 0 bridgehead atoms. The molecule has 0 aliphatic heterocycles. The molecular weight excluding hydrogens is 1020 g/mol. The van der Waals surface area contributed by atoms with Gasteiger partial charge in [0.15, 0.2) is 6.10 Å². The molecule has 0 aliphatic rings. The molecule has 0 N–H and O–H groups in total. The number of rotatable bonds is 64. The van der Waals surface area contributed by atoms with Gasteiger partial charge in [-0.15, -0.1) is 0 Å². The third-order valence-corrected chi connectivity index (χ3v) is 15.3. The number of hydrogen-bond donors (Lipinski definition) is 0. The van der Waals surface area contributed by atoms with E-state index in [0.29, 0.717) is 19.3 Å². The number of ether oxygens (including phenoxy) is 3. The van der Waals surface area contributed by atoms with Gasteiger partial charge in [-0.1, -0.05) is 323 Å². The molecule has 0 saturated carbocycles. The number of hydrogen-bond acceptors (Lipinski definition) is 6. The molecule has 0 spiro atoms. The fraction of sp³-hybridized carbons (Fsp3) is 0.727. The second kappa shape index (κ2) is 70.6. The molecular formula is C77H132O6. The molecule has 476 valence electrons. The van der Waals surface area contributed by atoms with Crippen LogP contribution in [0.1, 0.15) is 342 Å². The average Bonchev–Trinajstić information content (AvgIpc) is 3.49. The fourth-order valence-electron chi connectivity index (χ4n) is 9.99. The summed E-state index contributed by atoms with van der Waals surface area (Å²) in [4.78, 5) is 38.5. The SMILES string of the molecule is CC/C=C\C/C=C\C/C=C\C/C=C\C/C=C\C/C=C\CCCCC(=O)OC(COC(=O)CCCCCCCC/C=C\C/C=C\C/C=C\CCCCCCC)COC(=O)CCCCCCCCCCCCCCCCCCCCCCCCC. The van der Waals surface area contributed by atoms with Gasteiger partial charge in [-0.2, -0.15) is 0 Å². The van der Waals surface area contributed by atoms with Gasteiger partial charge in [0.05, 0.1) is 0 Å². The van der Waals surface area contributed by atoms with Crippen LogP contribution in [0.3, 0.4) is 0 Å². The first kappa shape index (κ1) is 79.1. The summed E-state index contributed by atoms with van der Waals surface area (Å²) in [5, 5.41) is 0. The van der Waals surface area contributed by atoms with Gasteiger partial charge < -0.3 is 14.2 Å². The topological polar surface area (TPSA) is 78.9 Å². The minimum atomic E-state index is -0.810. The molecule has 0 aromatic heterocycles. The van der Waals surface area contributed by atoms with Crippen LogP contribution in [0.4, 0.5) is 0 Å². The quantitative estimate of drug-likeness (QED) is 0.0261. The van der Waals surface area contributed by atoms with Crippen LogP contribution in [0.2, 0.25) is 0 Å². The van der Waals surface area contributed by atoms with E-state index in [1.54, 1.807) is 0 Å². The van der Waals surface area contributed by atoms with Crippen LogP contribution in [0, 0.1) is 0 Å². The van der Waals surface area contributed by atoms with Gasteiger partial charge in [0, 0.05) is 19.3 Å². The van der Waals surface area contributed by atoms with Gasteiger partial charge in [0.2, 0.25) is 0 Å². The van der Waals surface area contributed by atoms with Crippen LogP contribution in [0.5, 0.6) is 0 Å². The van der Waals surface area contributed by atoms with Crippen molar-refractivity contribution in [2.75, 3.05) is 13.2 Å². The summed E-state index contributed by atoms with van der Waals surface area (Å²) < 4.78 is 17.0. The Morgan fingerprint density at radius 3 is 0.759 bits per heavy atom. The Labute approximate surface area is 514 Å². The number of carbonyl (C=O) groups is 3. The lowest BCUT2D eigenvalue weighted by atomic mass is 10.0. The molecule has 6 heteroatoms. The Bertz CT molecular complexity index is 1660. The highest BCUT2D eigenvalue weighted by molar-refractivity contribution is 5.71. The van der Waals surface area contributed by atoms with Crippen molar-refractivity contribution in [2.24, 2.45) is 0 Å². The highest BCUT2D eigenvalue weighted by atomic mass is 16.6. The second-order valence-corrected chi connectivity index (χ2v) is 23.4. The zero-order valence-electron chi connectivity index (χ0n) is 54.7. The van der Waals surface area contributed by atoms with E-state index in [0.717, 1.165) is 116 Å². The zero-order valence-corrected chi connectivity index (χ0v) is 54.7. The van der Waals surface area contributed by atoms with Crippen molar-refractivity contribution in [2.45, 2.75) is 348 Å². The van der Waals surface area contributed by atoms with Crippen molar-refractivity contribution in [3.63, 3.8) is 0 Å². The lowest BCUT2D eigenvalue weighted by Crippen LogP contribution is -2.30.